The number of amides is 2. The topological polar surface area (TPSA) is 96.0 Å². The van der Waals surface area contributed by atoms with E-state index in [2.05, 4.69) is 5.32 Å². The highest BCUT2D eigenvalue weighted by molar-refractivity contribution is 7.98. The number of nitrogens with one attached hydrogen (secondary N) is 1. The largest absolute Gasteiger partial charge is 0.494 e. The zero-order chi connectivity index (χ0) is 29.8. The highest BCUT2D eigenvalue weighted by Crippen LogP contribution is 2.28. The molecule has 0 saturated carbocycles. The molecule has 0 heterocycles. The fourth-order valence-electron chi connectivity index (χ4n) is 4.18. The number of carbonyl (C=O) groups is 2. The molecule has 0 aliphatic heterocycles. The van der Waals surface area contributed by atoms with Gasteiger partial charge in [-0.25, -0.2) is 8.42 Å². The first kappa shape index (κ1) is 32.0. The summed E-state index contributed by atoms with van der Waals surface area (Å²) in [5.41, 5.74) is 1.15. The molecule has 3 rings (SSSR count). The van der Waals surface area contributed by atoms with E-state index in [9.17, 15) is 18.0 Å². The standard InChI is InChI=1S/C31H39N3O5S2/c1-5-7-21-32-31(36)24(3)33(22-25-11-9-8-10-12-25)30(35)23-34(26-13-15-27(16-14-26)39-6-2)41(37,38)29-19-17-28(40-4)18-20-29/h8-20,24H,5-7,21-23H2,1-4H3,(H,32,36). The van der Waals surface area contributed by atoms with Crippen LogP contribution in [0.5, 0.6) is 5.75 Å². The molecular weight excluding hydrogens is 558 g/mol. The van der Waals surface area contributed by atoms with Gasteiger partial charge in [-0.15, -0.1) is 11.8 Å². The first-order chi connectivity index (χ1) is 19.7. The number of nitrogens with zero attached hydrogens (tertiary/aromatic N) is 2. The zero-order valence-corrected chi connectivity index (χ0v) is 25.7. The molecule has 8 nitrogen and oxygen atoms in total. The maximum Gasteiger partial charge on any atom is 0.264 e. The van der Waals surface area contributed by atoms with Gasteiger partial charge in [0.15, 0.2) is 0 Å². The van der Waals surface area contributed by atoms with Gasteiger partial charge in [0.05, 0.1) is 17.2 Å². The van der Waals surface area contributed by atoms with Crippen molar-refractivity contribution in [2.24, 2.45) is 0 Å². The van der Waals surface area contributed by atoms with E-state index in [4.69, 9.17) is 4.74 Å². The Labute approximate surface area is 248 Å². The highest BCUT2D eigenvalue weighted by Gasteiger charge is 2.32. The second kappa shape index (κ2) is 15.5. The van der Waals surface area contributed by atoms with E-state index in [1.165, 1.54) is 16.7 Å². The van der Waals surface area contributed by atoms with Crippen molar-refractivity contribution in [3.05, 3.63) is 84.4 Å². The molecule has 2 amide bonds. The van der Waals surface area contributed by atoms with E-state index in [-0.39, 0.29) is 17.3 Å². The van der Waals surface area contributed by atoms with Crippen molar-refractivity contribution >= 4 is 39.3 Å². The molecule has 220 valence electrons. The molecule has 0 bridgehead atoms. The second-order valence-electron chi connectivity index (χ2n) is 9.44. The number of anilines is 1. The summed E-state index contributed by atoms with van der Waals surface area (Å²) in [5.74, 6) is -0.191. The van der Waals surface area contributed by atoms with Crippen LogP contribution in [0.3, 0.4) is 0 Å². The van der Waals surface area contributed by atoms with E-state index >= 15 is 0 Å². The number of hydrogen-bond donors (Lipinski definition) is 1. The van der Waals surface area contributed by atoms with Crippen molar-refractivity contribution in [2.45, 2.75) is 56.0 Å². The van der Waals surface area contributed by atoms with Crippen molar-refractivity contribution in [1.29, 1.82) is 0 Å². The molecule has 1 N–H and O–H groups in total. The monoisotopic (exact) mass is 597 g/mol. The lowest BCUT2D eigenvalue weighted by molar-refractivity contribution is -0.139. The van der Waals surface area contributed by atoms with Gasteiger partial charge >= 0.3 is 0 Å². The van der Waals surface area contributed by atoms with E-state index in [1.54, 1.807) is 55.5 Å². The van der Waals surface area contributed by atoms with Gasteiger partial charge in [0, 0.05) is 18.0 Å². The molecule has 10 heteroatoms. The molecule has 1 atom stereocenters. The van der Waals surface area contributed by atoms with E-state index in [0.29, 0.717) is 24.6 Å². The molecule has 0 aliphatic rings. The fourth-order valence-corrected chi connectivity index (χ4v) is 6.00. The minimum Gasteiger partial charge on any atom is -0.494 e. The van der Waals surface area contributed by atoms with E-state index in [0.717, 1.165) is 27.6 Å². The summed E-state index contributed by atoms with van der Waals surface area (Å²) >= 11 is 1.51. The number of unbranched alkanes of at least 4 members (excludes halogenated alkanes) is 1. The number of sulfonamides is 1. The molecule has 0 aliphatic carbocycles. The summed E-state index contributed by atoms with van der Waals surface area (Å²) in [6, 6.07) is 21.7. The first-order valence-corrected chi connectivity index (χ1v) is 16.4. The predicted molar refractivity (Wildman–Crippen MR) is 165 cm³/mol. The molecule has 0 aromatic heterocycles. The second-order valence-corrected chi connectivity index (χ2v) is 12.2. The molecule has 41 heavy (non-hydrogen) atoms. The number of benzene rings is 3. The Morgan fingerprint density at radius 2 is 1.61 bits per heavy atom. The molecule has 0 saturated heterocycles. The van der Waals surface area contributed by atoms with Crippen LogP contribution in [0.25, 0.3) is 0 Å². The van der Waals surface area contributed by atoms with Gasteiger partial charge < -0.3 is 15.0 Å². The molecular formula is C31H39N3O5S2. The van der Waals surface area contributed by atoms with Gasteiger partial charge in [0.25, 0.3) is 10.0 Å². The van der Waals surface area contributed by atoms with Crippen molar-refractivity contribution < 1.29 is 22.7 Å². The minimum absolute atomic E-state index is 0.0666. The van der Waals surface area contributed by atoms with E-state index in [1.807, 2.05) is 50.4 Å². The lowest BCUT2D eigenvalue weighted by Gasteiger charge is -2.32. The van der Waals surface area contributed by atoms with Crippen LogP contribution in [0.4, 0.5) is 5.69 Å². The number of carbonyl (C=O) groups excluding carboxylic acids is 2. The Kier molecular flexibility index (Phi) is 12.1. The van der Waals surface area contributed by atoms with Gasteiger partial charge in [-0.1, -0.05) is 43.7 Å². The Hall–Kier alpha value is -3.50. The summed E-state index contributed by atoms with van der Waals surface area (Å²) in [6.45, 7) is 6.20. The van der Waals surface area contributed by atoms with Crippen LogP contribution < -0.4 is 14.4 Å². The molecule has 3 aromatic carbocycles. The molecule has 0 radical (unpaired) electrons. The van der Waals surface area contributed by atoms with Crippen LogP contribution in [0.1, 0.15) is 39.2 Å². The molecule has 3 aromatic rings. The van der Waals surface area contributed by atoms with Crippen LogP contribution >= 0.6 is 11.8 Å². The van der Waals surface area contributed by atoms with Gasteiger partial charge in [-0.05, 0) is 80.6 Å². The van der Waals surface area contributed by atoms with Gasteiger partial charge in [-0.2, -0.15) is 0 Å². The predicted octanol–water partition coefficient (Wildman–Crippen LogP) is 5.34. The van der Waals surface area contributed by atoms with Crippen molar-refractivity contribution in [3.8, 4) is 5.75 Å². The van der Waals surface area contributed by atoms with Gasteiger partial charge in [-0.3, -0.25) is 13.9 Å². The summed E-state index contributed by atoms with van der Waals surface area (Å²) in [4.78, 5) is 29.4. The van der Waals surface area contributed by atoms with Crippen LogP contribution in [0.15, 0.2) is 88.7 Å². The number of rotatable bonds is 15. The summed E-state index contributed by atoms with van der Waals surface area (Å²) in [5, 5.41) is 2.89. The highest BCUT2D eigenvalue weighted by atomic mass is 32.2. The third kappa shape index (κ3) is 8.74. The first-order valence-electron chi connectivity index (χ1n) is 13.7. The Bertz CT molecular complexity index is 1370. The van der Waals surface area contributed by atoms with Gasteiger partial charge in [0.1, 0.15) is 18.3 Å². The Balaban J connectivity index is 1.99. The summed E-state index contributed by atoms with van der Waals surface area (Å²) in [7, 11) is -4.13. The molecule has 0 spiro atoms. The number of thioether (sulfide) groups is 1. The summed E-state index contributed by atoms with van der Waals surface area (Å²) in [6.07, 6.45) is 3.66. The summed E-state index contributed by atoms with van der Waals surface area (Å²) < 4.78 is 34.6. The maximum absolute atomic E-state index is 14.0. The van der Waals surface area contributed by atoms with Crippen LogP contribution in [0, 0.1) is 0 Å². The van der Waals surface area contributed by atoms with Gasteiger partial charge in [0.2, 0.25) is 11.8 Å². The molecule has 1 unspecified atom stereocenters. The minimum atomic E-state index is -4.13. The third-order valence-electron chi connectivity index (χ3n) is 6.55. The smallest absolute Gasteiger partial charge is 0.264 e. The fraction of sp³-hybridized carbons (Fsp3) is 0.355. The normalized spacial score (nSPS) is 11.9. The van der Waals surface area contributed by atoms with Crippen molar-refractivity contribution in [1.82, 2.24) is 10.2 Å². The Morgan fingerprint density at radius 3 is 2.20 bits per heavy atom. The SMILES string of the molecule is CCCCNC(=O)C(C)N(Cc1ccccc1)C(=O)CN(c1ccc(OCC)cc1)S(=O)(=O)c1ccc(SC)cc1. The van der Waals surface area contributed by atoms with Crippen LogP contribution in [0.2, 0.25) is 0 Å². The van der Waals surface area contributed by atoms with E-state index < -0.39 is 28.5 Å². The molecule has 0 fully saturated rings. The maximum atomic E-state index is 14.0. The average molecular weight is 598 g/mol. The number of hydrogen-bond acceptors (Lipinski definition) is 6. The van der Waals surface area contributed by atoms with Crippen molar-refractivity contribution in [2.75, 3.05) is 30.3 Å². The van der Waals surface area contributed by atoms with Crippen LogP contribution in [-0.2, 0) is 26.2 Å². The quantitative estimate of drug-likeness (QED) is 0.188. The van der Waals surface area contributed by atoms with Crippen molar-refractivity contribution in [3.63, 3.8) is 0 Å². The lowest BCUT2D eigenvalue weighted by atomic mass is 10.1. The third-order valence-corrected chi connectivity index (χ3v) is 9.09. The van der Waals surface area contributed by atoms with Crippen LogP contribution in [-0.4, -0.2) is 57.1 Å². The Morgan fingerprint density at radius 1 is 0.951 bits per heavy atom. The zero-order valence-electron chi connectivity index (χ0n) is 24.1. The lowest BCUT2D eigenvalue weighted by Crippen LogP contribution is -2.51. The number of ether oxygens (including phenoxy) is 1. The average Bonchev–Trinajstić information content (AvgIpc) is 2.99.